The molecule has 176 valence electrons. The van der Waals surface area contributed by atoms with Crippen LogP contribution in [0.3, 0.4) is 0 Å². The Labute approximate surface area is 189 Å². The molecule has 1 saturated carbocycles. The van der Waals surface area contributed by atoms with Crippen LogP contribution in [0.4, 0.5) is 8.78 Å². The Morgan fingerprint density at radius 3 is 2.91 bits per heavy atom. The minimum Gasteiger partial charge on any atom is -0.503 e. The summed E-state index contributed by atoms with van der Waals surface area (Å²) in [7, 11) is 0. The molecule has 1 N–H and O–H groups in total. The second-order valence-corrected chi connectivity index (χ2v) is 9.19. The van der Waals surface area contributed by atoms with Gasteiger partial charge < -0.3 is 19.1 Å². The second-order valence-electron chi connectivity index (χ2n) is 9.19. The summed E-state index contributed by atoms with van der Waals surface area (Å²) >= 11 is 0. The van der Waals surface area contributed by atoms with Crippen LogP contribution in [-0.4, -0.2) is 38.9 Å². The van der Waals surface area contributed by atoms with E-state index in [9.17, 15) is 23.5 Å². The maximum atomic E-state index is 14.3. The summed E-state index contributed by atoms with van der Waals surface area (Å²) in [5.41, 5.74) is -1.39. The summed E-state index contributed by atoms with van der Waals surface area (Å²) in [4.78, 5) is 27.9. The van der Waals surface area contributed by atoms with E-state index in [1.54, 1.807) is 4.57 Å². The number of aromatic hydroxyl groups is 1. The summed E-state index contributed by atoms with van der Waals surface area (Å²) in [6.07, 6.45) is 5.03. The van der Waals surface area contributed by atoms with Crippen molar-refractivity contribution in [3.63, 3.8) is 0 Å². The van der Waals surface area contributed by atoms with Crippen LogP contribution in [-0.2, 0) is 22.6 Å². The van der Waals surface area contributed by atoms with Gasteiger partial charge in [0.25, 0.3) is 0 Å². The Hall–Kier alpha value is -2.78. The van der Waals surface area contributed by atoms with E-state index >= 15 is 0 Å². The van der Waals surface area contributed by atoms with Gasteiger partial charge in [0.2, 0.25) is 5.43 Å². The lowest BCUT2D eigenvalue weighted by atomic mass is 9.83. The number of carbonyl (C=O) groups is 1. The number of hydrogen-bond donors (Lipinski definition) is 1. The smallest absolute Gasteiger partial charge is 0.344 e. The van der Waals surface area contributed by atoms with Crippen molar-refractivity contribution in [3.8, 4) is 5.75 Å². The highest BCUT2D eigenvalue weighted by atomic mass is 19.1. The zero-order valence-corrected chi connectivity index (χ0v) is 18.6. The molecule has 2 aliphatic heterocycles. The van der Waals surface area contributed by atoms with Crippen molar-refractivity contribution in [2.45, 2.75) is 70.5 Å². The number of ether oxygens (including phenoxy) is 2. The number of benzene rings is 1. The van der Waals surface area contributed by atoms with E-state index < -0.39 is 41.1 Å². The van der Waals surface area contributed by atoms with Crippen LogP contribution in [0, 0.1) is 18.6 Å². The van der Waals surface area contributed by atoms with Crippen LogP contribution < -0.4 is 5.43 Å². The lowest BCUT2D eigenvalue weighted by Crippen LogP contribution is -2.58. The van der Waals surface area contributed by atoms with E-state index in [4.69, 9.17) is 9.47 Å². The van der Waals surface area contributed by atoms with E-state index in [1.807, 2.05) is 0 Å². The molecule has 1 aromatic heterocycles. The second kappa shape index (κ2) is 7.92. The molecule has 1 aliphatic carbocycles. The van der Waals surface area contributed by atoms with E-state index in [2.05, 4.69) is 11.8 Å². The van der Waals surface area contributed by atoms with Crippen molar-refractivity contribution in [2.24, 2.45) is 0 Å². The molecule has 1 aromatic carbocycles. The normalized spacial score (nSPS) is 26.4. The van der Waals surface area contributed by atoms with E-state index in [0.717, 1.165) is 31.7 Å². The Balaban J connectivity index is 1.49. The van der Waals surface area contributed by atoms with Gasteiger partial charge in [0, 0.05) is 29.9 Å². The fourth-order valence-electron chi connectivity index (χ4n) is 5.52. The number of aromatic nitrogens is 1. The van der Waals surface area contributed by atoms with E-state index in [1.165, 1.54) is 19.2 Å². The highest BCUT2D eigenvalue weighted by Gasteiger charge is 2.56. The van der Waals surface area contributed by atoms with Crippen molar-refractivity contribution in [1.29, 1.82) is 0 Å². The molecule has 1 saturated heterocycles. The number of pyridine rings is 1. The monoisotopic (exact) mass is 460 g/mol. The van der Waals surface area contributed by atoms with Gasteiger partial charge in [-0.25, -0.2) is 13.6 Å². The van der Waals surface area contributed by atoms with Crippen LogP contribution in [0.2, 0.25) is 0 Å². The summed E-state index contributed by atoms with van der Waals surface area (Å²) < 4.78 is 41.0. The minimum atomic E-state index is -0.972. The van der Waals surface area contributed by atoms with Crippen molar-refractivity contribution in [1.82, 2.24) is 9.47 Å². The largest absolute Gasteiger partial charge is 0.503 e. The summed E-state index contributed by atoms with van der Waals surface area (Å²) in [5, 5.41) is 10.8. The average molecular weight is 460 g/mol. The number of carbonyl (C=O) groups excluding carboxylic acids is 1. The third kappa shape index (κ3) is 3.28. The Morgan fingerprint density at radius 1 is 1.33 bits per heavy atom. The molecule has 3 aliphatic rings. The molecule has 33 heavy (non-hydrogen) atoms. The molecule has 5 rings (SSSR count). The third-order valence-electron chi connectivity index (χ3n) is 7.32. The van der Waals surface area contributed by atoms with Gasteiger partial charge in [-0.2, -0.15) is 0 Å². The van der Waals surface area contributed by atoms with Gasteiger partial charge in [-0.3, -0.25) is 9.69 Å². The third-order valence-corrected chi connectivity index (χ3v) is 7.32. The predicted octanol–water partition coefficient (Wildman–Crippen LogP) is 3.54. The molecule has 0 radical (unpaired) electrons. The molecule has 0 unspecified atom stereocenters. The number of nitrogens with zero attached hydrogens (tertiary/aromatic N) is 2. The van der Waals surface area contributed by atoms with Gasteiger partial charge in [0.15, 0.2) is 5.75 Å². The highest BCUT2D eigenvalue weighted by Crippen LogP contribution is 2.51. The molecular formula is C24H26F2N2O5. The summed E-state index contributed by atoms with van der Waals surface area (Å²) in [6, 6.07) is 2.28. The maximum Gasteiger partial charge on any atom is 0.344 e. The maximum absolute atomic E-state index is 14.3. The van der Waals surface area contributed by atoms with Gasteiger partial charge in [-0.15, -0.1) is 0 Å². The zero-order chi connectivity index (χ0) is 23.5. The first-order chi connectivity index (χ1) is 15.7. The van der Waals surface area contributed by atoms with Crippen molar-refractivity contribution in [2.75, 3.05) is 6.61 Å². The summed E-state index contributed by atoms with van der Waals surface area (Å²) in [6.45, 7) is 3.80. The van der Waals surface area contributed by atoms with E-state index in [0.29, 0.717) is 18.8 Å². The number of hydrogen-bond acceptors (Lipinski definition) is 6. The van der Waals surface area contributed by atoms with Gasteiger partial charge in [-0.1, -0.05) is 6.42 Å². The quantitative estimate of drug-likeness (QED) is 0.706. The minimum absolute atomic E-state index is 0.000229. The number of esters is 1. The lowest BCUT2D eigenvalue weighted by Gasteiger charge is -2.51. The summed E-state index contributed by atoms with van der Waals surface area (Å²) in [5.74, 6) is -2.95. The molecule has 2 fully saturated rings. The highest BCUT2D eigenvalue weighted by molar-refractivity contribution is 5.89. The number of rotatable bonds is 3. The Bertz CT molecular complexity index is 1190. The molecule has 7 nitrogen and oxygen atoms in total. The van der Waals surface area contributed by atoms with Gasteiger partial charge in [0.1, 0.15) is 29.5 Å². The van der Waals surface area contributed by atoms with Crippen LogP contribution in [0.15, 0.2) is 23.1 Å². The molecular weight excluding hydrogens is 434 g/mol. The fraction of sp³-hybridized carbons (Fsp3) is 0.500. The molecule has 0 amide bonds. The fourth-order valence-corrected chi connectivity index (χ4v) is 5.52. The van der Waals surface area contributed by atoms with Crippen LogP contribution in [0.5, 0.6) is 5.75 Å². The molecule has 9 heteroatoms. The van der Waals surface area contributed by atoms with Crippen LogP contribution >= 0.6 is 0 Å². The first-order valence-electron chi connectivity index (χ1n) is 11.2. The first-order valence-corrected chi connectivity index (χ1v) is 11.2. The molecule has 1 spiro atoms. The van der Waals surface area contributed by atoms with Gasteiger partial charge >= 0.3 is 5.97 Å². The average Bonchev–Trinajstić information content (AvgIpc) is 3.13. The van der Waals surface area contributed by atoms with Gasteiger partial charge in [-0.05, 0) is 45.2 Å². The topological polar surface area (TPSA) is 81.0 Å². The van der Waals surface area contributed by atoms with Crippen molar-refractivity contribution in [3.05, 3.63) is 62.6 Å². The standard InChI is InChI=1S/C24H26F2N2O5/c1-13-11-33-24-8-4-3-5-19(24)27-9-16(21(29)22(30)18(27)10-28(13)24)23(31)32-12-15-6-7-17(25)14(2)20(15)26/h6-7,9,13,19,30H,3-5,8,10-12H2,1-2H3/t13-,19+,24+/m1/s1. The van der Waals surface area contributed by atoms with Crippen LogP contribution in [0.1, 0.15) is 65.8 Å². The van der Waals surface area contributed by atoms with Crippen molar-refractivity contribution >= 4 is 5.97 Å². The first kappa shape index (κ1) is 22.0. The number of fused-ring (bicyclic) bond motifs is 2. The molecule has 3 atom stereocenters. The number of halogens is 2. The predicted molar refractivity (Wildman–Crippen MR) is 114 cm³/mol. The van der Waals surface area contributed by atoms with Crippen molar-refractivity contribution < 1.29 is 28.2 Å². The molecule has 0 bridgehead atoms. The SMILES string of the molecule is Cc1c(F)ccc(COC(=O)c2cn3c(c(O)c2=O)CN2[C@H](C)CO[C@]24CCCC[C@H]34)c1F. The van der Waals surface area contributed by atoms with Gasteiger partial charge in [0.05, 0.1) is 18.3 Å². The lowest BCUT2D eigenvalue weighted by molar-refractivity contribution is -0.159. The molecule has 3 heterocycles. The zero-order valence-electron chi connectivity index (χ0n) is 18.6. The Morgan fingerprint density at radius 2 is 2.12 bits per heavy atom. The Kier molecular flexibility index (Phi) is 5.29. The van der Waals surface area contributed by atoms with Crippen LogP contribution in [0.25, 0.3) is 0 Å². The molecule has 2 aromatic rings. The van der Waals surface area contributed by atoms with E-state index in [-0.39, 0.29) is 28.8 Å².